The first kappa shape index (κ1) is 15.0. The largest absolute Gasteiger partial charge is 0.368 e. The van der Waals surface area contributed by atoms with Crippen molar-refractivity contribution in [3.05, 3.63) is 0 Å². The number of nitrogens with one attached hydrogen (secondary N) is 1. The molecule has 104 valence electrons. The van der Waals surface area contributed by atoms with Gasteiger partial charge in [0.1, 0.15) is 0 Å². The fourth-order valence-electron chi connectivity index (χ4n) is 2.34. The van der Waals surface area contributed by atoms with Crippen LogP contribution in [0.15, 0.2) is 0 Å². The Labute approximate surface area is 109 Å². The molecule has 1 rings (SSSR count). The third-order valence-corrected chi connectivity index (χ3v) is 3.39. The summed E-state index contributed by atoms with van der Waals surface area (Å²) in [6, 6.07) is 0.467. The number of nitrogens with two attached hydrogens (primary N) is 1. The van der Waals surface area contributed by atoms with Gasteiger partial charge in [0.15, 0.2) is 0 Å². The molecule has 1 fully saturated rings. The van der Waals surface area contributed by atoms with E-state index in [4.69, 9.17) is 5.73 Å². The molecule has 1 unspecified atom stereocenters. The SMILES string of the molecule is CC(C)N(CC(N)=O)C(=O)CCC1CCCCN1. The van der Waals surface area contributed by atoms with Gasteiger partial charge >= 0.3 is 0 Å². The number of amides is 2. The number of rotatable bonds is 6. The van der Waals surface area contributed by atoms with E-state index in [0.29, 0.717) is 12.5 Å². The third kappa shape index (κ3) is 5.04. The molecule has 1 atom stereocenters. The standard InChI is InChI=1S/C13H25N3O2/c1-10(2)16(9-12(14)17)13(18)7-6-11-5-3-4-8-15-11/h10-11,15H,3-9H2,1-2H3,(H2,14,17). The summed E-state index contributed by atoms with van der Waals surface area (Å²) in [6.45, 7) is 4.88. The van der Waals surface area contributed by atoms with E-state index >= 15 is 0 Å². The quantitative estimate of drug-likeness (QED) is 0.731. The van der Waals surface area contributed by atoms with Crippen LogP contribution in [0.3, 0.4) is 0 Å². The summed E-state index contributed by atoms with van der Waals surface area (Å²) < 4.78 is 0. The van der Waals surface area contributed by atoms with E-state index in [2.05, 4.69) is 5.32 Å². The van der Waals surface area contributed by atoms with Gasteiger partial charge < -0.3 is 16.0 Å². The molecule has 1 aliphatic heterocycles. The Hall–Kier alpha value is -1.10. The highest BCUT2D eigenvalue weighted by Crippen LogP contribution is 2.13. The van der Waals surface area contributed by atoms with Crippen LogP contribution in [0.2, 0.25) is 0 Å². The van der Waals surface area contributed by atoms with Crippen molar-refractivity contribution in [1.82, 2.24) is 10.2 Å². The Kier molecular flexibility index (Phi) is 6.12. The number of nitrogens with zero attached hydrogens (tertiary/aromatic N) is 1. The first-order valence-electron chi connectivity index (χ1n) is 6.82. The Bertz CT molecular complexity index is 286. The van der Waals surface area contributed by atoms with Crippen molar-refractivity contribution in [3.63, 3.8) is 0 Å². The smallest absolute Gasteiger partial charge is 0.237 e. The molecule has 1 saturated heterocycles. The number of piperidine rings is 1. The highest BCUT2D eigenvalue weighted by Gasteiger charge is 2.20. The molecule has 0 bridgehead atoms. The minimum Gasteiger partial charge on any atom is -0.368 e. The molecule has 1 aliphatic rings. The summed E-state index contributed by atoms with van der Waals surface area (Å²) in [7, 11) is 0. The van der Waals surface area contributed by atoms with Crippen LogP contribution in [0.5, 0.6) is 0 Å². The Morgan fingerprint density at radius 3 is 2.61 bits per heavy atom. The van der Waals surface area contributed by atoms with E-state index in [0.717, 1.165) is 19.4 Å². The Morgan fingerprint density at radius 1 is 1.39 bits per heavy atom. The van der Waals surface area contributed by atoms with E-state index in [1.54, 1.807) is 4.90 Å². The fraction of sp³-hybridized carbons (Fsp3) is 0.846. The summed E-state index contributed by atoms with van der Waals surface area (Å²) in [5.41, 5.74) is 5.16. The van der Waals surface area contributed by atoms with Crippen molar-refractivity contribution in [1.29, 1.82) is 0 Å². The van der Waals surface area contributed by atoms with Gasteiger partial charge in [0.05, 0.1) is 6.54 Å². The number of hydrogen-bond acceptors (Lipinski definition) is 3. The van der Waals surface area contributed by atoms with Gasteiger partial charge in [0, 0.05) is 18.5 Å². The van der Waals surface area contributed by atoms with Crippen LogP contribution >= 0.6 is 0 Å². The Morgan fingerprint density at radius 2 is 2.11 bits per heavy atom. The molecule has 0 aromatic rings. The first-order chi connectivity index (χ1) is 8.50. The van der Waals surface area contributed by atoms with Gasteiger partial charge in [-0.25, -0.2) is 0 Å². The second-order valence-corrected chi connectivity index (χ2v) is 5.27. The van der Waals surface area contributed by atoms with Crippen LogP contribution in [0.1, 0.15) is 46.0 Å². The molecule has 3 N–H and O–H groups in total. The predicted molar refractivity (Wildman–Crippen MR) is 70.9 cm³/mol. The number of carbonyl (C=O) groups excluding carboxylic acids is 2. The van der Waals surface area contributed by atoms with Crippen LogP contribution < -0.4 is 11.1 Å². The molecule has 5 heteroatoms. The molecule has 0 aromatic carbocycles. The van der Waals surface area contributed by atoms with Crippen molar-refractivity contribution >= 4 is 11.8 Å². The minimum atomic E-state index is -0.451. The lowest BCUT2D eigenvalue weighted by atomic mass is 10.00. The molecular weight excluding hydrogens is 230 g/mol. The summed E-state index contributed by atoms with van der Waals surface area (Å²) in [5, 5.41) is 3.42. The zero-order valence-corrected chi connectivity index (χ0v) is 11.4. The predicted octanol–water partition coefficient (Wildman–Crippen LogP) is 0.631. The van der Waals surface area contributed by atoms with Gasteiger partial charge in [0.2, 0.25) is 11.8 Å². The third-order valence-electron chi connectivity index (χ3n) is 3.39. The maximum atomic E-state index is 12.1. The monoisotopic (exact) mass is 255 g/mol. The highest BCUT2D eigenvalue weighted by molar-refractivity contribution is 5.84. The zero-order chi connectivity index (χ0) is 13.5. The van der Waals surface area contributed by atoms with Crippen molar-refractivity contribution in [2.45, 2.75) is 58.0 Å². The van der Waals surface area contributed by atoms with E-state index in [1.165, 1.54) is 12.8 Å². The molecule has 5 nitrogen and oxygen atoms in total. The zero-order valence-electron chi connectivity index (χ0n) is 11.4. The van der Waals surface area contributed by atoms with E-state index in [-0.39, 0.29) is 18.5 Å². The maximum Gasteiger partial charge on any atom is 0.237 e. The lowest BCUT2D eigenvalue weighted by Crippen LogP contribution is -2.43. The topological polar surface area (TPSA) is 75.4 Å². The van der Waals surface area contributed by atoms with Gasteiger partial charge in [-0.1, -0.05) is 6.42 Å². The van der Waals surface area contributed by atoms with E-state index in [9.17, 15) is 9.59 Å². The lowest BCUT2D eigenvalue weighted by molar-refractivity contribution is -0.137. The molecule has 0 aliphatic carbocycles. The average Bonchev–Trinajstić information content (AvgIpc) is 2.34. The van der Waals surface area contributed by atoms with E-state index < -0.39 is 5.91 Å². The van der Waals surface area contributed by atoms with Crippen molar-refractivity contribution in [3.8, 4) is 0 Å². The Balaban J connectivity index is 2.38. The molecule has 0 aromatic heterocycles. The second kappa shape index (κ2) is 7.36. The fourth-order valence-corrected chi connectivity index (χ4v) is 2.34. The number of hydrogen-bond donors (Lipinski definition) is 2. The van der Waals surface area contributed by atoms with Crippen LogP contribution in [-0.4, -0.2) is 41.9 Å². The summed E-state index contributed by atoms with van der Waals surface area (Å²) >= 11 is 0. The average molecular weight is 255 g/mol. The van der Waals surface area contributed by atoms with Crippen LogP contribution in [0.25, 0.3) is 0 Å². The lowest BCUT2D eigenvalue weighted by Gasteiger charge is -2.27. The number of carbonyl (C=O) groups is 2. The van der Waals surface area contributed by atoms with Gasteiger partial charge in [-0.05, 0) is 39.7 Å². The maximum absolute atomic E-state index is 12.1. The van der Waals surface area contributed by atoms with Crippen LogP contribution in [0.4, 0.5) is 0 Å². The molecule has 1 heterocycles. The van der Waals surface area contributed by atoms with E-state index in [1.807, 2.05) is 13.8 Å². The molecular formula is C13H25N3O2. The van der Waals surface area contributed by atoms with Crippen molar-refractivity contribution < 1.29 is 9.59 Å². The summed E-state index contributed by atoms with van der Waals surface area (Å²) in [6.07, 6.45) is 4.94. The second-order valence-electron chi connectivity index (χ2n) is 5.27. The molecule has 18 heavy (non-hydrogen) atoms. The van der Waals surface area contributed by atoms with Crippen molar-refractivity contribution in [2.24, 2.45) is 5.73 Å². The first-order valence-corrected chi connectivity index (χ1v) is 6.82. The van der Waals surface area contributed by atoms with Gasteiger partial charge in [0.25, 0.3) is 0 Å². The molecule has 0 radical (unpaired) electrons. The van der Waals surface area contributed by atoms with Crippen LogP contribution in [0, 0.1) is 0 Å². The number of primary amides is 1. The van der Waals surface area contributed by atoms with Gasteiger partial charge in [-0.2, -0.15) is 0 Å². The highest BCUT2D eigenvalue weighted by atomic mass is 16.2. The van der Waals surface area contributed by atoms with Gasteiger partial charge in [-0.3, -0.25) is 9.59 Å². The van der Waals surface area contributed by atoms with Crippen molar-refractivity contribution in [2.75, 3.05) is 13.1 Å². The van der Waals surface area contributed by atoms with Gasteiger partial charge in [-0.15, -0.1) is 0 Å². The van der Waals surface area contributed by atoms with Crippen LogP contribution in [-0.2, 0) is 9.59 Å². The minimum absolute atomic E-state index is 0.0179. The summed E-state index contributed by atoms with van der Waals surface area (Å²) in [4.78, 5) is 24.6. The molecule has 0 spiro atoms. The molecule has 2 amide bonds. The normalized spacial score (nSPS) is 19.8. The summed E-state index contributed by atoms with van der Waals surface area (Å²) in [5.74, 6) is -0.427. The molecule has 0 saturated carbocycles.